The lowest BCUT2D eigenvalue weighted by molar-refractivity contribution is -0.673. The van der Waals surface area contributed by atoms with Gasteiger partial charge in [0, 0.05) is 31.3 Å². The summed E-state index contributed by atoms with van der Waals surface area (Å²) in [5.74, 6) is -0.284. The monoisotopic (exact) mass is 611 g/mol. The molecule has 0 aliphatic carbocycles. The van der Waals surface area contributed by atoms with Crippen LogP contribution >= 0.6 is 46.4 Å². The zero-order valence-electron chi connectivity index (χ0n) is 21.3. The first kappa shape index (κ1) is 29.1. The van der Waals surface area contributed by atoms with Gasteiger partial charge >= 0.3 is 11.9 Å². The van der Waals surface area contributed by atoms with E-state index in [9.17, 15) is 19.8 Å². The van der Waals surface area contributed by atoms with Crippen LogP contribution in [0.2, 0.25) is 20.1 Å². The van der Waals surface area contributed by atoms with E-state index < -0.39 is 11.9 Å². The molecule has 3 aromatic rings. The molecule has 0 radical (unpaired) electrons. The molecule has 0 atom stereocenters. The summed E-state index contributed by atoms with van der Waals surface area (Å²) in [7, 11) is 0. The second kappa shape index (κ2) is 12.1. The van der Waals surface area contributed by atoms with Gasteiger partial charge in [-0.05, 0) is 32.1 Å². The van der Waals surface area contributed by atoms with Crippen molar-refractivity contribution in [3.8, 4) is 0 Å². The van der Waals surface area contributed by atoms with Crippen LogP contribution in [-0.4, -0.2) is 39.8 Å². The van der Waals surface area contributed by atoms with Crippen molar-refractivity contribution in [2.75, 3.05) is 22.9 Å². The number of nitrogens with zero attached hydrogens (tertiary/aromatic N) is 4. The Bertz CT molecular complexity index is 1520. The molecule has 12 heteroatoms. The maximum atomic E-state index is 11.4. The summed E-state index contributed by atoms with van der Waals surface area (Å²) in [6.45, 7) is 5.68. The Morgan fingerprint density at radius 3 is 2.03 bits per heavy atom. The Kier molecular flexibility index (Phi) is 9.01. The van der Waals surface area contributed by atoms with Crippen LogP contribution in [0.1, 0.15) is 32.5 Å². The largest absolute Gasteiger partial charge is 0.481 e. The lowest BCUT2D eigenvalue weighted by Crippen LogP contribution is -2.37. The fourth-order valence-corrected chi connectivity index (χ4v) is 5.46. The van der Waals surface area contributed by atoms with E-state index in [1.807, 2.05) is 51.0 Å². The van der Waals surface area contributed by atoms with Crippen molar-refractivity contribution in [1.29, 1.82) is 0 Å². The number of benzene rings is 2. The molecule has 2 N–H and O–H groups in total. The summed E-state index contributed by atoms with van der Waals surface area (Å²) in [5.41, 5.74) is 3.21. The number of carboxylic acid groups (broad SMARTS) is 2. The Hall–Kier alpha value is -2.91. The van der Waals surface area contributed by atoms with Crippen molar-refractivity contribution < 1.29 is 24.4 Å². The molecular weight excluding hydrogens is 586 g/mol. The summed E-state index contributed by atoms with van der Waals surface area (Å²) in [6, 6.07) is 7.06. The van der Waals surface area contributed by atoms with Gasteiger partial charge in [-0.15, -0.1) is 0 Å². The van der Waals surface area contributed by atoms with E-state index in [-0.39, 0.29) is 25.9 Å². The highest BCUT2D eigenvalue weighted by Gasteiger charge is 2.31. The Morgan fingerprint density at radius 2 is 1.44 bits per heavy atom. The number of carboxylic acids is 2. The quantitative estimate of drug-likeness (QED) is 0.247. The predicted molar refractivity (Wildman–Crippen MR) is 156 cm³/mol. The molecule has 1 aliphatic rings. The number of aryl methyl sites for hydroxylation is 2. The molecule has 0 unspecified atom stereocenters. The number of rotatable bonds is 10. The molecule has 0 saturated heterocycles. The van der Waals surface area contributed by atoms with Crippen molar-refractivity contribution >= 4 is 86.8 Å². The lowest BCUT2D eigenvalue weighted by Gasteiger charge is -2.23. The zero-order chi connectivity index (χ0) is 28.4. The van der Waals surface area contributed by atoms with E-state index in [0.29, 0.717) is 33.2 Å². The predicted octanol–water partition coefficient (Wildman–Crippen LogP) is 6.71. The molecule has 0 amide bonds. The minimum Gasteiger partial charge on any atom is -0.481 e. The molecular formula is C27H27Cl4N4O4+. The van der Waals surface area contributed by atoms with Crippen LogP contribution in [0.5, 0.6) is 0 Å². The van der Waals surface area contributed by atoms with Gasteiger partial charge in [-0.1, -0.05) is 52.5 Å². The average Bonchev–Trinajstić information content (AvgIpc) is 3.32. The summed E-state index contributed by atoms with van der Waals surface area (Å²) in [6.07, 6.45) is 5.51. The number of anilines is 2. The molecule has 2 aromatic carbocycles. The van der Waals surface area contributed by atoms with E-state index in [0.717, 1.165) is 34.1 Å². The van der Waals surface area contributed by atoms with Gasteiger partial charge in [0.1, 0.15) is 12.4 Å². The van der Waals surface area contributed by atoms with Crippen LogP contribution in [0.3, 0.4) is 0 Å². The lowest BCUT2D eigenvalue weighted by atomic mass is 10.2. The highest BCUT2D eigenvalue weighted by Crippen LogP contribution is 2.45. The molecule has 39 heavy (non-hydrogen) atoms. The SMILES string of the molecule is CCN1C(=CC=Cc2n(CC)c3cc(Cl)c(Cl)cc3[n+]2CCC(=O)O)N(CCC(=O)O)c2cc(Cl)c(Cl)cc21. The Morgan fingerprint density at radius 1 is 0.846 bits per heavy atom. The second-order valence-electron chi connectivity index (χ2n) is 8.83. The number of hydrogen-bond acceptors (Lipinski definition) is 4. The van der Waals surface area contributed by atoms with Crippen molar-refractivity contribution in [3.05, 3.63) is 68.2 Å². The van der Waals surface area contributed by atoms with Crippen molar-refractivity contribution in [1.82, 2.24) is 4.57 Å². The standard InChI is InChI=1S/C27H26Cl4N4O4/c1-3-32-20-12-16(28)18(30)14-22(20)34(10-8-26(36)37)24(32)6-5-7-25-33(4-2)21-13-17(29)19(31)15-23(21)35(25)11-9-27(38)39/h5-7,12-15H,3-4,8-11H2,1-2H3,(H-,36,37,38,39)/p+1. The van der Waals surface area contributed by atoms with Crippen molar-refractivity contribution in [3.63, 3.8) is 0 Å². The van der Waals surface area contributed by atoms with Gasteiger partial charge < -0.3 is 20.0 Å². The number of aromatic nitrogens is 2. The van der Waals surface area contributed by atoms with Gasteiger partial charge in [-0.2, -0.15) is 0 Å². The third kappa shape index (κ3) is 5.84. The van der Waals surface area contributed by atoms with Crippen LogP contribution < -0.4 is 14.4 Å². The molecule has 206 valence electrons. The summed E-state index contributed by atoms with van der Waals surface area (Å²) in [5, 5.41) is 20.3. The number of aliphatic carboxylic acids is 2. The van der Waals surface area contributed by atoms with Gasteiger partial charge in [0.05, 0.1) is 50.9 Å². The van der Waals surface area contributed by atoms with E-state index in [1.165, 1.54) is 0 Å². The second-order valence-corrected chi connectivity index (χ2v) is 10.5. The minimum absolute atomic E-state index is 0.0704. The average molecular weight is 613 g/mol. The number of halogens is 4. The molecule has 4 rings (SSSR count). The normalized spacial score (nSPS) is 14.3. The third-order valence-corrected chi connectivity index (χ3v) is 7.97. The molecule has 0 saturated carbocycles. The van der Waals surface area contributed by atoms with Crippen LogP contribution in [0, 0.1) is 0 Å². The van der Waals surface area contributed by atoms with Gasteiger partial charge in [-0.25, -0.2) is 9.13 Å². The number of imidazole rings is 1. The summed E-state index contributed by atoms with van der Waals surface area (Å²) >= 11 is 25.3. The van der Waals surface area contributed by atoms with E-state index >= 15 is 0 Å². The minimum atomic E-state index is -0.911. The molecule has 0 fully saturated rings. The van der Waals surface area contributed by atoms with Crippen LogP contribution in [0.25, 0.3) is 17.1 Å². The Labute approximate surface area is 245 Å². The first-order chi connectivity index (χ1) is 18.6. The molecule has 0 spiro atoms. The number of carbonyl (C=O) groups is 2. The van der Waals surface area contributed by atoms with Gasteiger partial charge in [0.25, 0.3) is 5.82 Å². The first-order valence-electron chi connectivity index (χ1n) is 12.3. The van der Waals surface area contributed by atoms with Gasteiger partial charge in [0.15, 0.2) is 11.0 Å². The van der Waals surface area contributed by atoms with Crippen LogP contribution in [-0.2, 0) is 22.7 Å². The smallest absolute Gasteiger partial charge is 0.307 e. The van der Waals surface area contributed by atoms with Crippen molar-refractivity contribution in [2.45, 2.75) is 39.8 Å². The van der Waals surface area contributed by atoms with E-state index in [2.05, 4.69) is 0 Å². The van der Waals surface area contributed by atoms with Crippen LogP contribution in [0.15, 0.2) is 42.2 Å². The fraction of sp³-hybridized carbons (Fsp3) is 0.296. The highest BCUT2D eigenvalue weighted by atomic mass is 35.5. The third-order valence-electron chi connectivity index (χ3n) is 6.53. The molecule has 0 bridgehead atoms. The maximum absolute atomic E-state index is 11.4. The van der Waals surface area contributed by atoms with E-state index in [4.69, 9.17) is 46.4 Å². The molecule has 2 heterocycles. The van der Waals surface area contributed by atoms with Crippen molar-refractivity contribution in [2.24, 2.45) is 0 Å². The number of fused-ring (bicyclic) bond motifs is 2. The first-order valence-corrected chi connectivity index (χ1v) is 13.9. The van der Waals surface area contributed by atoms with Gasteiger partial charge in [0.2, 0.25) is 0 Å². The van der Waals surface area contributed by atoms with Crippen LogP contribution in [0.4, 0.5) is 11.4 Å². The molecule has 1 aromatic heterocycles. The summed E-state index contributed by atoms with van der Waals surface area (Å²) in [4.78, 5) is 26.8. The van der Waals surface area contributed by atoms with Gasteiger partial charge in [-0.3, -0.25) is 9.59 Å². The Balaban J connectivity index is 1.83. The zero-order valence-corrected chi connectivity index (χ0v) is 24.3. The highest BCUT2D eigenvalue weighted by molar-refractivity contribution is 6.43. The molecule has 8 nitrogen and oxygen atoms in total. The molecule has 1 aliphatic heterocycles. The number of hydrogen-bond donors (Lipinski definition) is 2. The number of allylic oxidation sites excluding steroid dienone is 2. The maximum Gasteiger partial charge on any atom is 0.307 e. The fourth-order valence-electron chi connectivity index (χ4n) is 4.83. The topological polar surface area (TPSA) is 89.9 Å². The van der Waals surface area contributed by atoms with E-state index in [1.54, 1.807) is 24.3 Å². The summed E-state index contributed by atoms with van der Waals surface area (Å²) < 4.78 is 3.95.